The van der Waals surface area contributed by atoms with Crippen molar-refractivity contribution in [3.05, 3.63) is 56.1 Å². The van der Waals surface area contributed by atoms with Crippen molar-refractivity contribution in [2.45, 2.75) is 44.1 Å². The van der Waals surface area contributed by atoms with Gasteiger partial charge in [0.15, 0.2) is 0 Å². The van der Waals surface area contributed by atoms with Gasteiger partial charge in [-0.25, -0.2) is 13.1 Å². The molecule has 31 heavy (non-hydrogen) atoms. The molecule has 0 bridgehead atoms. The van der Waals surface area contributed by atoms with Crippen LogP contribution in [0.2, 0.25) is 5.02 Å². The zero-order chi connectivity index (χ0) is 23.1. The first-order valence-corrected chi connectivity index (χ1v) is 12.0. The van der Waals surface area contributed by atoms with Crippen molar-refractivity contribution in [3.63, 3.8) is 0 Å². The number of carbonyl (C=O) groups excluding carboxylic acids is 1. The van der Waals surface area contributed by atoms with Crippen LogP contribution in [-0.4, -0.2) is 24.7 Å². The molecule has 1 aliphatic heterocycles. The normalized spacial score (nSPS) is 20.6. The summed E-state index contributed by atoms with van der Waals surface area (Å²) in [6.45, 7) is 7.01. The van der Waals surface area contributed by atoms with Crippen molar-refractivity contribution in [1.82, 2.24) is 5.16 Å². The average Bonchev–Trinajstić information content (AvgIpc) is 3.25. The number of nitrogens with one attached hydrogen (secondary N) is 1. The van der Waals surface area contributed by atoms with E-state index in [0.717, 1.165) is 22.9 Å². The highest BCUT2D eigenvalue weighted by Crippen LogP contribution is 2.51. The molecule has 0 saturated carbocycles. The third-order valence-electron chi connectivity index (χ3n) is 5.39. The van der Waals surface area contributed by atoms with Crippen molar-refractivity contribution < 1.29 is 17.7 Å². The lowest BCUT2D eigenvalue weighted by Crippen LogP contribution is -2.50. The van der Waals surface area contributed by atoms with E-state index < -0.39 is 25.9 Å². The van der Waals surface area contributed by atoms with Crippen LogP contribution in [0.15, 0.2) is 22.1 Å². The topological polar surface area (TPSA) is 139 Å². The van der Waals surface area contributed by atoms with Gasteiger partial charge in [-0.15, -0.1) is 11.8 Å². The van der Waals surface area contributed by atoms with E-state index in [2.05, 4.69) is 15.9 Å². The average molecular weight is 481 g/mol. The van der Waals surface area contributed by atoms with Crippen LogP contribution in [0.1, 0.15) is 33.5 Å². The molecule has 1 amide bonds. The second-order valence-corrected chi connectivity index (χ2v) is 10.7. The van der Waals surface area contributed by atoms with Crippen molar-refractivity contribution in [1.29, 1.82) is 5.26 Å². The van der Waals surface area contributed by atoms with Gasteiger partial charge in [0, 0.05) is 0 Å². The predicted molar refractivity (Wildman–Crippen MR) is 120 cm³/mol. The Balaban J connectivity index is 2.22. The second kappa shape index (κ2) is 8.22. The molecule has 164 valence electrons. The first-order valence-electron chi connectivity index (χ1n) is 9.22. The van der Waals surface area contributed by atoms with Crippen molar-refractivity contribution in [2.75, 3.05) is 4.72 Å². The van der Waals surface area contributed by atoms with Gasteiger partial charge in [-0.2, -0.15) is 5.26 Å². The van der Waals surface area contributed by atoms with Gasteiger partial charge in [0.25, 0.3) is 5.88 Å². The Morgan fingerprint density at radius 3 is 2.61 bits per heavy atom. The van der Waals surface area contributed by atoms with Crippen molar-refractivity contribution >= 4 is 45.2 Å². The van der Waals surface area contributed by atoms with E-state index in [9.17, 15) is 18.5 Å². The highest BCUT2D eigenvalue weighted by atomic mass is 35.5. The SMILES string of the molecule is Cc1cc(C)c(C2(C(N)=O)SC=CC2S(=O)(=O)Nc2onc(C)c2Cl)c(C)c1CC#N. The number of rotatable bonds is 6. The van der Waals surface area contributed by atoms with Crippen LogP contribution in [0.25, 0.3) is 0 Å². The number of thioether (sulfide) groups is 1. The molecule has 1 aromatic carbocycles. The number of sulfonamides is 1. The van der Waals surface area contributed by atoms with Gasteiger partial charge in [0.2, 0.25) is 15.9 Å². The van der Waals surface area contributed by atoms with Gasteiger partial charge in [-0.1, -0.05) is 28.9 Å². The van der Waals surface area contributed by atoms with Crippen molar-refractivity contribution in [2.24, 2.45) is 5.73 Å². The van der Waals surface area contributed by atoms with Gasteiger partial charge >= 0.3 is 0 Å². The molecule has 0 aliphatic carbocycles. The molecule has 1 aliphatic rings. The number of aryl methyl sites for hydroxylation is 3. The van der Waals surface area contributed by atoms with Gasteiger partial charge in [0.1, 0.15) is 20.7 Å². The molecule has 11 heteroatoms. The molecule has 3 rings (SSSR count). The first-order chi connectivity index (χ1) is 14.5. The lowest BCUT2D eigenvalue weighted by atomic mass is 9.82. The fourth-order valence-corrected chi connectivity index (χ4v) is 7.54. The van der Waals surface area contributed by atoms with Gasteiger partial charge in [-0.3, -0.25) is 4.79 Å². The van der Waals surface area contributed by atoms with Crippen LogP contribution in [0.4, 0.5) is 5.88 Å². The summed E-state index contributed by atoms with van der Waals surface area (Å²) in [7, 11) is -4.23. The van der Waals surface area contributed by atoms with Crippen LogP contribution in [0.3, 0.4) is 0 Å². The highest BCUT2D eigenvalue weighted by molar-refractivity contribution is 8.05. The van der Waals surface area contributed by atoms with E-state index >= 15 is 0 Å². The molecule has 2 unspecified atom stereocenters. The minimum Gasteiger partial charge on any atom is -0.368 e. The van der Waals surface area contributed by atoms with E-state index in [1.54, 1.807) is 26.2 Å². The molecular weight excluding hydrogens is 460 g/mol. The minimum atomic E-state index is -4.23. The monoisotopic (exact) mass is 480 g/mol. The third kappa shape index (κ3) is 3.71. The first kappa shape index (κ1) is 23.2. The Morgan fingerprint density at radius 1 is 1.39 bits per heavy atom. The van der Waals surface area contributed by atoms with E-state index in [1.807, 2.05) is 13.0 Å². The number of hydrogen-bond donors (Lipinski definition) is 2. The molecule has 0 spiro atoms. The Kier molecular flexibility index (Phi) is 6.15. The standard InChI is InChI=1S/C20H21ClN4O4S2/c1-10-9-11(2)16(12(3)14(10)5-7-22)20(19(23)26)15(6-8-30-20)31(27,28)25-18-17(21)13(4)24-29-18/h6,8-9,15,25H,5H2,1-4H3,(H2,23,26). The number of anilines is 1. The molecule has 2 heterocycles. The number of amides is 1. The van der Waals surface area contributed by atoms with Gasteiger partial charge < -0.3 is 10.3 Å². The molecule has 0 fully saturated rings. The number of nitrogens with two attached hydrogens (primary N) is 1. The van der Waals surface area contributed by atoms with E-state index in [1.165, 1.54) is 6.08 Å². The molecular formula is C20H21ClN4O4S2. The molecule has 1 aromatic heterocycles. The fourth-order valence-electron chi connectivity index (χ4n) is 4.03. The molecule has 0 radical (unpaired) electrons. The van der Waals surface area contributed by atoms with E-state index in [4.69, 9.17) is 21.9 Å². The van der Waals surface area contributed by atoms with Crippen LogP contribution in [0, 0.1) is 39.0 Å². The summed E-state index contributed by atoms with van der Waals surface area (Å²) in [5.74, 6) is -1.04. The third-order valence-corrected chi connectivity index (χ3v) is 8.96. The summed E-state index contributed by atoms with van der Waals surface area (Å²) in [4.78, 5) is 12.9. The van der Waals surface area contributed by atoms with Crippen LogP contribution in [-0.2, 0) is 26.0 Å². The maximum absolute atomic E-state index is 13.4. The van der Waals surface area contributed by atoms with Crippen LogP contribution >= 0.6 is 23.4 Å². The zero-order valence-corrected chi connectivity index (χ0v) is 19.7. The molecule has 8 nitrogen and oxygen atoms in total. The lowest BCUT2D eigenvalue weighted by molar-refractivity contribution is -0.120. The maximum atomic E-state index is 13.4. The van der Waals surface area contributed by atoms with Gasteiger partial charge in [0.05, 0.1) is 12.5 Å². The lowest BCUT2D eigenvalue weighted by Gasteiger charge is -2.35. The molecule has 2 aromatic rings. The number of nitriles is 1. The number of aromatic nitrogens is 1. The second-order valence-electron chi connectivity index (χ2n) is 7.35. The maximum Gasteiger partial charge on any atom is 0.257 e. The quantitative estimate of drug-likeness (QED) is 0.645. The Morgan fingerprint density at radius 2 is 2.06 bits per heavy atom. The largest absolute Gasteiger partial charge is 0.368 e. The van der Waals surface area contributed by atoms with Crippen LogP contribution < -0.4 is 10.5 Å². The number of carbonyl (C=O) groups is 1. The summed E-state index contributed by atoms with van der Waals surface area (Å²) in [5.41, 5.74) is 9.68. The number of hydrogen-bond acceptors (Lipinski definition) is 7. The summed E-state index contributed by atoms with van der Waals surface area (Å²) >= 11 is 7.10. The summed E-state index contributed by atoms with van der Waals surface area (Å²) in [5, 5.41) is 13.1. The molecule has 0 saturated heterocycles. The van der Waals surface area contributed by atoms with E-state index in [-0.39, 0.29) is 17.3 Å². The number of benzene rings is 1. The van der Waals surface area contributed by atoms with Crippen LogP contribution in [0.5, 0.6) is 0 Å². The Bertz CT molecular complexity index is 1250. The highest BCUT2D eigenvalue weighted by Gasteiger charge is 2.55. The predicted octanol–water partition coefficient (Wildman–Crippen LogP) is 3.38. The number of nitrogens with zero attached hydrogens (tertiary/aromatic N) is 2. The Hall–Kier alpha value is -2.48. The minimum absolute atomic E-state index is 0.0295. The zero-order valence-electron chi connectivity index (χ0n) is 17.3. The number of primary amides is 1. The summed E-state index contributed by atoms with van der Waals surface area (Å²) in [6.07, 6.45) is 1.54. The molecule has 3 N–H and O–H groups in total. The van der Waals surface area contributed by atoms with Gasteiger partial charge in [-0.05, 0) is 60.9 Å². The number of halogens is 1. The van der Waals surface area contributed by atoms with E-state index in [0.29, 0.717) is 22.4 Å². The smallest absolute Gasteiger partial charge is 0.257 e. The van der Waals surface area contributed by atoms with Crippen molar-refractivity contribution in [3.8, 4) is 6.07 Å². The Labute approximate surface area is 189 Å². The summed E-state index contributed by atoms with van der Waals surface area (Å²) in [6, 6.07) is 3.96. The fraction of sp³-hybridized carbons (Fsp3) is 0.350. The molecule has 2 atom stereocenters. The summed E-state index contributed by atoms with van der Waals surface area (Å²) < 4.78 is 32.4.